The third kappa shape index (κ3) is 2.94. The standard InChI is InChI=1S/C18H17N3O2/c1-4-12-9-13(5-8-17(12)23-3)21-18-15-10-14(22-2)6-7-16(15)19-11-20-18/h4-11H,1H2,2-3H3,(H,19,20,21). The summed E-state index contributed by atoms with van der Waals surface area (Å²) in [6, 6.07) is 11.5. The number of aromatic nitrogens is 2. The molecule has 116 valence electrons. The molecule has 0 saturated carbocycles. The van der Waals surface area contributed by atoms with Gasteiger partial charge in [-0.1, -0.05) is 12.7 Å². The van der Waals surface area contributed by atoms with Crippen LogP contribution in [-0.2, 0) is 0 Å². The van der Waals surface area contributed by atoms with Crippen LogP contribution >= 0.6 is 0 Å². The maximum absolute atomic E-state index is 5.30. The van der Waals surface area contributed by atoms with Crippen molar-refractivity contribution in [1.82, 2.24) is 9.97 Å². The van der Waals surface area contributed by atoms with E-state index in [2.05, 4.69) is 21.9 Å². The van der Waals surface area contributed by atoms with Crippen LogP contribution in [0.25, 0.3) is 17.0 Å². The Morgan fingerprint density at radius 2 is 1.91 bits per heavy atom. The van der Waals surface area contributed by atoms with E-state index in [4.69, 9.17) is 9.47 Å². The number of methoxy groups -OCH3 is 2. The number of nitrogens with one attached hydrogen (secondary N) is 1. The molecule has 0 radical (unpaired) electrons. The van der Waals surface area contributed by atoms with Crippen molar-refractivity contribution in [3.8, 4) is 11.5 Å². The first-order valence-electron chi connectivity index (χ1n) is 7.11. The molecule has 0 aliphatic heterocycles. The molecule has 0 aliphatic rings. The van der Waals surface area contributed by atoms with E-state index in [9.17, 15) is 0 Å². The molecule has 0 fully saturated rings. The lowest BCUT2D eigenvalue weighted by atomic mass is 10.1. The van der Waals surface area contributed by atoms with Crippen molar-refractivity contribution in [1.29, 1.82) is 0 Å². The highest BCUT2D eigenvalue weighted by Gasteiger charge is 2.07. The summed E-state index contributed by atoms with van der Waals surface area (Å²) < 4.78 is 10.6. The predicted octanol–water partition coefficient (Wildman–Crippen LogP) is 4.03. The van der Waals surface area contributed by atoms with Crippen LogP contribution in [0.3, 0.4) is 0 Å². The normalized spacial score (nSPS) is 10.3. The van der Waals surface area contributed by atoms with E-state index in [0.717, 1.165) is 33.7 Å². The van der Waals surface area contributed by atoms with Crippen LogP contribution in [0.5, 0.6) is 11.5 Å². The SMILES string of the molecule is C=Cc1cc(Nc2ncnc3ccc(OC)cc23)ccc1OC. The molecule has 1 aromatic heterocycles. The van der Waals surface area contributed by atoms with Gasteiger partial charge in [0, 0.05) is 16.6 Å². The first-order valence-corrected chi connectivity index (χ1v) is 7.11. The van der Waals surface area contributed by atoms with Crippen molar-refractivity contribution in [2.24, 2.45) is 0 Å². The van der Waals surface area contributed by atoms with Crippen molar-refractivity contribution in [3.05, 3.63) is 54.9 Å². The molecule has 0 unspecified atom stereocenters. The Labute approximate surface area is 134 Å². The van der Waals surface area contributed by atoms with E-state index >= 15 is 0 Å². The second-order valence-corrected chi connectivity index (χ2v) is 4.89. The summed E-state index contributed by atoms with van der Waals surface area (Å²) in [5.41, 5.74) is 2.65. The Hall–Kier alpha value is -3.08. The van der Waals surface area contributed by atoms with Crippen molar-refractivity contribution in [3.63, 3.8) is 0 Å². The number of anilines is 2. The van der Waals surface area contributed by atoms with Crippen LogP contribution in [0.1, 0.15) is 5.56 Å². The van der Waals surface area contributed by atoms with Gasteiger partial charge in [-0.15, -0.1) is 0 Å². The van der Waals surface area contributed by atoms with Gasteiger partial charge < -0.3 is 14.8 Å². The largest absolute Gasteiger partial charge is 0.497 e. The topological polar surface area (TPSA) is 56.3 Å². The number of fused-ring (bicyclic) bond motifs is 1. The number of ether oxygens (including phenoxy) is 2. The molecule has 5 heteroatoms. The van der Waals surface area contributed by atoms with Crippen LogP contribution < -0.4 is 14.8 Å². The summed E-state index contributed by atoms with van der Waals surface area (Å²) in [6.07, 6.45) is 3.29. The summed E-state index contributed by atoms with van der Waals surface area (Å²) in [5, 5.41) is 4.21. The van der Waals surface area contributed by atoms with Crippen LogP contribution in [0.4, 0.5) is 11.5 Å². The van der Waals surface area contributed by atoms with Crippen LogP contribution in [0, 0.1) is 0 Å². The van der Waals surface area contributed by atoms with Crippen molar-refractivity contribution < 1.29 is 9.47 Å². The highest BCUT2D eigenvalue weighted by atomic mass is 16.5. The average molecular weight is 307 g/mol. The molecular weight excluding hydrogens is 290 g/mol. The van der Waals surface area contributed by atoms with E-state index in [1.165, 1.54) is 6.33 Å². The number of benzene rings is 2. The summed E-state index contributed by atoms with van der Waals surface area (Å²) in [7, 11) is 3.28. The van der Waals surface area contributed by atoms with Crippen LogP contribution in [0.15, 0.2) is 49.3 Å². The Bertz CT molecular complexity index is 862. The Morgan fingerprint density at radius 3 is 2.65 bits per heavy atom. The fourth-order valence-electron chi connectivity index (χ4n) is 2.37. The molecule has 2 aromatic carbocycles. The third-order valence-electron chi connectivity index (χ3n) is 3.55. The Morgan fingerprint density at radius 1 is 1.04 bits per heavy atom. The minimum absolute atomic E-state index is 0.717. The van der Waals surface area contributed by atoms with Gasteiger partial charge in [-0.25, -0.2) is 9.97 Å². The summed E-state index contributed by atoms with van der Waals surface area (Å²) in [5.74, 6) is 2.26. The first kappa shape index (κ1) is 14.8. The summed E-state index contributed by atoms with van der Waals surface area (Å²) in [6.45, 7) is 3.81. The molecule has 0 spiro atoms. The summed E-state index contributed by atoms with van der Waals surface area (Å²) >= 11 is 0. The van der Waals surface area contributed by atoms with Gasteiger partial charge in [-0.2, -0.15) is 0 Å². The van der Waals surface area contributed by atoms with Gasteiger partial charge in [-0.05, 0) is 36.4 Å². The summed E-state index contributed by atoms with van der Waals surface area (Å²) in [4.78, 5) is 8.62. The predicted molar refractivity (Wildman–Crippen MR) is 92.5 cm³/mol. The molecule has 23 heavy (non-hydrogen) atoms. The van der Waals surface area contributed by atoms with E-state index < -0.39 is 0 Å². The fraction of sp³-hybridized carbons (Fsp3) is 0.111. The number of hydrogen-bond acceptors (Lipinski definition) is 5. The zero-order valence-corrected chi connectivity index (χ0v) is 13.0. The zero-order chi connectivity index (χ0) is 16.2. The fourth-order valence-corrected chi connectivity index (χ4v) is 2.37. The number of rotatable bonds is 5. The van der Waals surface area contributed by atoms with Crippen LogP contribution in [-0.4, -0.2) is 24.2 Å². The number of nitrogens with zero attached hydrogens (tertiary/aromatic N) is 2. The minimum atomic E-state index is 0.717. The van der Waals surface area contributed by atoms with Gasteiger partial charge in [0.25, 0.3) is 0 Å². The molecule has 0 bridgehead atoms. The van der Waals surface area contributed by atoms with E-state index in [-0.39, 0.29) is 0 Å². The molecule has 5 nitrogen and oxygen atoms in total. The molecular formula is C18H17N3O2. The monoisotopic (exact) mass is 307 g/mol. The van der Waals surface area contributed by atoms with Crippen molar-refractivity contribution in [2.75, 3.05) is 19.5 Å². The van der Waals surface area contributed by atoms with Gasteiger partial charge >= 0.3 is 0 Å². The second-order valence-electron chi connectivity index (χ2n) is 4.89. The minimum Gasteiger partial charge on any atom is -0.497 e. The molecule has 0 amide bonds. The third-order valence-corrected chi connectivity index (χ3v) is 3.55. The molecule has 3 aromatic rings. The smallest absolute Gasteiger partial charge is 0.141 e. The Kier molecular flexibility index (Phi) is 4.10. The maximum Gasteiger partial charge on any atom is 0.141 e. The lowest BCUT2D eigenvalue weighted by molar-refractivity contribution is 0.414. The molecule has 1 N–H and O–H groups in total. The molecule has 3 rings (SSSR count). The van der Waals surface area contributed by atoms with Gasteiger partial charge in [0.1, 0.15) is 23.6 Å². The highest BCUT2D eigenvalue weighted by Crippen LogP contribution is 2.29. The van der Waals surface area contributed by atoms with Gasteiger partial charge in [0.15, 0.2) is 0 Å². The quantitative estimate of drug-likeness (QED) is 0.771. The Balaban J connectivity index is 2.02. The average Bonchev–Trinajstić information content (AvgIpc) is 2.61. The highest BCUT2D eigenvalue weighted by molar-refractivity contribution is 5.91. The van der Waals surface area contributed by atoms with E-state index in [1.807, 2.05) is 36.4 Å². The van der Waals surface area contributed by atoms with E-state index in [0.29, 0.717) is 5.82 Å². The maximum atomic E-state index is 5.30. The lowest BCUT2D eigenvalue weighted by Crippen LogP contribution is -1.97. The van der Waals surface area contributed by atoms with Crippen LogP contribution in [0.2, 0.25) is 0 Å². The van der Waals surface area contributed by atoms with Gasteiger partial charge in [-0.3, -0.25) is 0 Å². The number of hydrogen-bond donors (Lipinski definition) is 1. The van der Waals surface area contributed by atoms with Crippen molar-refractivity contribution >= 4 is 28.5 Å². The lowest BCUT2D eigenvalue weighted by Gasteiger charge is -2.11. The second kappa shape index (κ2) is 6.36. The van der Waals surface area contributed by atoms with Gasteiger partial charge in [0.2, 0.25) is 0 Å². The molecule has 1 heterocycles. The molecule has 0 atom stereocenters. The van der Waals surface area contributed by atoms with E-state index in [1.54, 1.807) is 20.3 Å². The zero-order valence-electron chi connectivity index (χ0n) is 13.0. The molecule has 0 saturated heterocycles. The van der Waals surface area contributed by atoms with Crippen molar-refractivity contribution in [2.45, 2.75) is 0 Å². The first-order chi connectivity index (χ1) is 11.2. The molecule has 0 aliphatic carbocycles. The van der Waals surface area contributed by atoms with Gasteiger partial charge in [0.05, 0.1) is 19.7 Å².